The Morgan fingerprint density at radius 3 is 1.61 bits per heavy atom. The summed E-state index contributed by atoms with van der Waals surface area (Å²) in [6.45, 7) is 1.41. The van der Waals surface area contributed by atoms with Gasteiger partial charge >= 0.3 is 0 Å². The highest BCUT2D eigenvalue weighted by Gasteiger charge is 2.53. The topological polar surface area (TPSA) is 307 Å². The van der Waals surface area contributed by atoms with Gasteiger partial charge in [-0.2, -0.15) is 0 Å². The van der Waals surface area contributed by atoms with E-state index in [0.29, 0.717) is 12.8 Å². The van der Waals surface area contributed by atoms with Gasteiger partial charge in [-0.3, -0.25) is 4.79 Å². The van der Waals surface area contributed by atoms with Crippen molar-refractivity contribution in [2.45, 2.75) is 202 Å². The maximum Gasteiger partial charge on any atom is 0.220 e. The number of nitrogens with one attached hydrogen (secondary N) is 1. The fraction of sp³-hybridized carbons (Fsp3) is 0.766. The number of amides is 1. The molecule has 0 spiro atoms. The molecule has 0 aromatic heterocycles. The van der Waals surface area contributed by atoms with Crippen LogP contribution in [0.15, 0.2) is 60.8 Å². The second-order valence-electron chi connectivity index (χ2n) is 16.8. The van der Waals surface area contributed by atoms with E-state index in [1.54, 1.807) is 6.08 Å². The van der Waals surface area contributed by atoms with Crippen molar-refractivity contribution in [1.29, 1.82) is 0 Å². The molecule has 3 fully saturated rings. The molecular weight excluding hydrogens is 867 g/mol. The highest BCUT2D eigenvalue weighted by Crippen LogP contribution is 2.33. The molecule has 66 heavy (non-hydrogen) atoms. The second-order valence-corrected chi connectivity index (χ2v) is 16.8. The number of hydrogen-bond donors (Lipinski definition) is 12. The molecule has 0 radical (unpaired) electrons. The molecule has 380 valence electrons. The minimum atomic E-state index is -1.98. The van der Waals surface area contributed by atoms with Gasteiger partial charge in [0.2, 0.25) is 5.91 Å². The molecule has 17 unspecified atom stereocenters. The summed E-state index contributed by atoms with van der Waals surface area (Å²) in [7, 11) is 0. The van der Waals surface area contributed by atoms with Crippen molar-refractivity contribution < 1.29 is 89.4 Å². The summed E-state index contributed by atoms with van der Waals surface area (Å²) in [6.07, 6.45) is 4.34. The summed E-state index contributed by atoms with van der Waals surface area (Å²) in [4.78, 5) is 13.1. The third-order valence-corrected chi connectivity index (χ3v) is 11.6. The Labute approximate surface area is 388 Å². The van der Waals surface area contributed by atoms with Crippen LogP contribution in [0, 0.1) is 0 Å². The molecule has 17 atom stereocenters. The molecule has 0 aromatic rings. The van der Waals surface area contributed by atoms with E-state index in [0.717, 1.165) is 64.2 Å². The quantitative estimate of drug-likeness (QED) is 0.0338. The van der Waals surface area contributed by atoms with Crippen LogP contribution in [0.2, 0.25) is 0 Å². The molecular formula is C47H79NO18. The van der Waals surface area contributed by atoms with Gasteiger partial charge in [0.15, 0.2) is 18.9 Å². The zero-order valence-electron chi connectivity index (χ0n) is 38.4. The Hall–Kier alpha value is -2.51. The van der Waals surface area contributed by atoms with E-state index in [1.165, 1.54) is 0 Å². The average molecular weight is 946 g/mol. The maximum absolute atomic E-state index is 13.1. The molecule has 0 aromatic carbocycles. The van der Waals surface area contributed by atoms with E-state index >= 15 is 0 Å². The number of aliphatic hydroxyl groups excluding tert-OH is 11. The van der Waals surface area contributed by atoms with Crippen molar-refractivity contribution in [3.63, 3.8) is 0 Å². The summed E-state index contributed by atoms with van der Waals surface area (Å²) < 4.78 is 33.9. The van der Waals surface area contributed by atoms with E-state index in [1.807, 2.05) is 6.08 Å². The molecule has 3 heterocycles. The Morgan fingerprint density at radius 1 is 0.561 bits per heavy atom. The summed E-state index contributed by atoms with van der Waals surface area (Å²) >= 11 is 0. The van der Waals surface area contributed by atoms with Gasteiger partial charge in [-0.15, -0.1) is 0 Å². The molecule has 12 N–H and O–H groups in total. The predicted octanol–water partition coefficient (Wildman–Crippen LogP) is 0.189. The van der Waals surface area contributed by atoms with Gasteiger partial charge in [0.25, 0.3) is 0 Å². The molecule has 3 aliphatic heterocycles. The van der Waals surface area contributed by atoms with Gasteiger partial charge < -0.3 is 89.9 Å². The fourth-order valence-electron chi connectivity index (χ4n) is 7.59. The maximum atomic E-state index is 13.1. The highest BCUT2D eigenvalue weighted by molar-refractivity contribution is 5.76. The van der Waals surface area contributed by atoms with E-state index in [-0.39, 0.29) is 18.9 Å². The second kappa shape index (κ2) is 32.3. The van der Waals surface area contributed by atoms with Crippen LogP contribution in [0.3, 0.4) is 0 Å². The van der Waals surface area contributed by atoms with Crippen molar-refractivity contribution in [2.24, 2.45) is 0 Å². The number of unbranched alkanes of at least 4 members (excludes halogenated alkanes) is 6. The Balaban J connectivity index is 1.57. The van der Waals surface area contributed by atoms with Crippen molar-refractivity contribution >= 4 is 5.91 Å². The first-order chi connectivity index (χ1) is 31.8. The van der Waals surface area contributed by atoms with Crippen molar-refractivity contribution in [3.8, 4) is 0 Å². The van der Waals surface area contributed by atoms with Crippen molar-refractivity contribution in [2.75, 3.05) is 26.4 Å². The lowest BCUT2D eigenvalue weighted by molar-refractivity contribution is -0.379. The van der Waals surface area contributed by atoms with Crippen LogP contribution < -0.4 is 5.32 Å². The molecule has 0 saturated carbocycles. The molecule has 19 heteroatoms. The lowest BCUT2D eigenvalue weighted by atomic mass is 9.96. The monoisotopic (exact) mass is 946 g/mol. The third kappa shape index (κ3) is 18.8. The molecule has 1 amide bonds. The lowest BCUT2D eigenvalue weighted by Crippen LogP contribution is -2.66. The first kappa shape index (κ1) is 57.8. The highest BCUT2D eigenvalue weighted by atomic mass is 16.8. The summed E-state index contributed by atoms with van der Waals surface area (Å²) in [5.41, 5.74) is 0. The number of allylic oxidation sites excluding steroid dienone is 9. The molecule has 0 aliphatic carbocycles. The summed E-state index contributed by atoms with van der Waals surface area (Å²) in [6, 6.07) is -0.992. The van der Waals surface area contributed by atoms with Gasteiger partial charge in [0.05, 0.1) is 38.6 Å². The number of hydrogen-bond acceptors (Lipinski definition) is 18. The zero-order chi connectivity index (χ0) is 48.4. The molecule has 3 aliphatic rings. The van der Waals surface area contributed by atoms with E-state index in [9.17, 15) is 61.0 Å². The van der Waals surface area contributed by atoms with E-state index in [4.69, 9.17) is 28.4 Å². The number of carbonyl (C=O) groups is 1. The number of ether oxygens (including phenoxy) is 6. The minimum Gasteiger partial charge on any atom is -0.394 e. The smallest absolute Gasteiger partial charge is 0.220 e. The predicted molar refractivity (Wildman–Crippen MR) is 240 cm³/mol. The van der Waals surface area contributed by atoms with Crippen LogP contribution in [-0.4, -0.2) is 193 Å². The van der Waals surface area contributed by atoms with Gasteiger partial charge in [0, 0.05) is 6.42 Å². The van der Waals surface area contributed by atoms with Gasteiger partial charge in [-0.1, -0.05) is 93.9 Å². The first-order valence-corrected chi connectivity index (χ1v) is 23.5. The third-order valence-electron chi connectivity index (χ3n) is 11.6. The van der Waals surface area contributed by atoms with Gasteiger partial charge in [-0.25, -0.2) is 0 Å². The number of aliphatic hydroxyl groups is 11. The van der Waals surface area contributed by atoms with Gasteiger partial charge in [0.1, 0.15) is 73.2 Å². The van der Waals surface area contributed by atoms with Crippen LogP contribution in [0.1, 0.15) is 97.3 Å². The van der Waals surface area contributed by atoms with Crippen molar-refractivity contribution in [3.05, 3.63) is 60.8 Å². The van der Waals surface area contributed by atoms with E-state index in [2.05, 4.69) is 67.8 Å². The number of rotatable bonds is 30. The van der Waals surface area contributed by atoms with Crippen LogP contribution in [-0.2, 0) is 33.2 Å². The first-order valence-electron chi connectivity index (χ1n) is 23.5. The summed E-state index contributed by atoms with van der Waals surface area (Å²) in [5, 5.41) is 119. The van der Waals surface area contributed by atoms with E-state index < -0.39 is 124 Å². The molecule has 3 rings (SSSR count). The lowest BCUT2D eigenvalue weighted by Gasteiger charge is -2.48. The molecule has 19 nitrogen and oxygen atoms in total. The van der Waals surface area contributed by atoms with Crippen LogP contribution in [0.25, 0.3) is 0 Å². The largest absolute Gasteiger partial charge is 0.394 e. The Kier molecular flexibility index (Phi) is 28.3. The normalized spacial score (nSPS) is 34.3. The SMILES string of the molecule is CC/C=C\C/C=C\C/C=C\C/C=C\CCCCC(=O)NC(COC1OC(CO)C(OC2OC(CO)C(OC3OC(CO)C(O)C(O)C3O)C(O)C2O)C(O)C1O)C(O)/C=C/CCCCCC. The zero-order valence-corrected chi connectivity index (χ0v) is 38.4. The Bertz CT molecular complexity index is 1460. The standard InChI is InChI=1S/C47H79NO18/c1-3-5-7-9-11-12-13-14-15-16-17-18-19-21-23-25-35(53)48-30(31(52)24-22-20-10-8-6-4-2)29-61-45-41(59)38(56)43(33(27-50)63-45)66-47-42(60)39(57)44(34(28-51)64-47)65-46-40(58)37(55)36(54)32(26-49)62-46/h5,7,11-12,14-15,17-18,22,24,30-34,36-47,49-52,54-60H,3-4,6,8-10,13,16,19-21,23,25-29H2,1-2H3,(H,48,53)/b7-5-,12-11-,15-14-,18-17-,24-22+. The fourth-order valence-corrected chi connectivity index (χ4v) is 7.59. The van der Waals surface area contributed by atoms with Crippen molar-refractivity contribution in [1.82, 2.24) is 5.32 Å². The molecule has 0 bridgehead atoms. The minimum absolute atomic E-state index is 0.186. The Morgan fingerprint density at radius 2 is 1.05 bits per heavy atom. The summed E-state index contributed by atoms with van der Waals surface area (Å²) in [5.74, 6) is -0.328. The van der Waals surface area contributed by atoms with Crippen LogP contribution >= 0.6 is 0 Å². The molecule has 3 saturated heterocycles. The van der Waals surface area contributed by atoms with Crippen LogP contribution in [0.5, 0.6) is 0 Å². The number of carbonyl (C=O) groups excluding carboxylic acids is 1. The van der Waals surface area contributed by atoms with Crippen LogP contribution in [0.4, 0.5) is 0 Å². The average Bonchev–Trinajstić information content (AvgIpc) is 3.31. The van der Waals surface area contributed by atoms with Gasteiger partial charge in [-0.05, 0) is 57.8 Å².